The topological polar surface area (TPSA) is 79.1 Å². The van der Waals surface area contributed by atoms with E-state index in [4.69, 9.17) is 0 Å². The number of nitrogens with zero attached hydrogens (tertiary/aromatic N) is 2. The zero-order chi connectivity index (χ0) is 16.9. The molecule has 1 N–H and O–H groups in total. The molecule has 24 heavy (non-hydrogen) atoms. The van der Waals surface area contributed by atoms with Crippen LogP contribution in [0.25, 0.3) is 0 Å². The normalized spacial score (nSPS) is 10.5. The van der Waals surface area contributed by atoms with Crippen LogP contribution in [-0.2, 0) is 0 Å². The predicted molar refractivity (Wildman–Crippen MR) is 92.8 cm³/mol. The van der Waals surface area contributed by atoms with Crippen LogP contribution in [0.3, 0.4) is 0 Å². The van der Waals surface area contributed by atoms with Gasteiger partial charge in [-0.2, -0.15) is 0 Å². The van der Waals surface area contributed by atoms with Crippen molar-refractivity contribution in [3.63, 3.8) is 0 Å². The maximum absolute atomic E-state index is 10.6. The van der Waals surface area contributed by atoms with E-state index >= 15 is 0 Å². The molecule has 0 unspecified atom stereocenters. The minimum atomic E-state index is -0.105. The Kier molecular flexibility index (Phi) is 4.43. The number of hydrogen-bond donors (Lipinski definition) is 1. The largest absolute Gasteiger partial charge is 0.508 e. The van der Waals surface area contributed by atoms with Gasteiger partial charge in [0.1, 0.15) is 17.1 Å². The Morgan fingerprint density at radius 2 is 0.917 bits per heavy atom. The highest BCUT2D eigenvalue weighted by atomic mass is 16.3. The first-order valence-corrected chi connectivity index (χ1v) is 7.37. The SMILES string of the molecule is O=Nc1ccc(C(c2ccc(O)cc2)c2ccc(N=O)cc2)cc1. The molecule has 5 nitrogen and oxygen atoms in total. The summed E-state index contributed by atoms with van der Waals surface area (Å²) >= 11 is 0. The van der Waals surface area contributed by atoms with E-state index in [0.717, 1.165) is 16.7 Å². The molecular formula is C19H14N2O3. The van der Waals surface area contributed by atoms with Crippen LogP contribution in [0.5, 0.6) is 5.75 Å². The molecular weight excluding hydrogens is 304 g/mol. The van der Waals surface area contributed by atoms with E-state index in [1.807, 2.05) is 36.4 Å². The Labute approximate surface area is 138 Å². The molecule has 0 aliphatic carbocycles. The van der Waals surface area contributed by atoms with E-state index in [1.54, 1.807) is 36.4 Å². The third-order valence-electron chi connectivity index (χ3n) is 3.89. The van der Waals surface area contributed by atoms with Crippen LogP contribution in [-0.4, -0.2) is 5.11 Å². The highest BCUT2D eigenvalue weighted by Gasteiger charge is 2.17. The van der Waals surface area contributed by atoms with Gasteiger partial charge in [-0.3, -0.25) is 0 Å². The molecule has 0 aromatic heterocycles. The van der Waals surface area contributed by atoms with Gasteiger partial charge in [-0.05, 0) is 63.4 Å². The van der Waals surface area contributed by atoms with Crippen molar-refractivity contribution < 1.29 is 5.11 Å². The Hall–Kier alpha value is -3.34. The lowest BCUT2D eigenvalue weighted by Gasteiger charge is -2.19. The molecule has 0 atom stereocenters. The van der Waals surface area contributed by atoms with E-state index in [-0.39, 0.29) is 11.7 Å². The number of rotatable bonds is 5. The lowest BCUT2D eigenvalue weighted by Crippen LogP contribution is -2.03. The zero-order valence-electron chi connectivity index (χ0n) is 12.7. The first-order valence-electron chi connectivity index (χ1n) is 7.37. The number of phenolic OH excluding ortho intramolecular Hbond substituents is 1. The van der Waals surface area contributed by atoms with Crippen LogP contribution < -0.4 is 0 Å². The summed E-state index contributed by atoms with van der Waals surface area (Å²) < 4.78 is 0. The van der Waals surface area contributed by atoms with Gasteiger partial charge in [0.15, 0.2) is 0 Å². The third kappa shape index (κ3) is 3.20. The van der Waals surface area contributed by atoms with Crippen molar-refractivity contribution in [2.75, 3.05) is 0 Å². The maximum atomic E-state index is 10.6. The molecule has 0 fully saturated rings. The molecule has 0 aliphatic rings. The Morgan fingerprint density at radius 1 is 0.583 bits per heavy atom. The molecule has 0 saturated heterocycles. The fourth-order valence-corrected chi connectivity index (χ4v) is 2.70. The van der Waals surface area contributed by atoms with Crippen molar-refractivity contribution in [3.05, 3.63) is 99.3 Å². The van der Waals surface area contributed by atoms with Crippen LogP contribution in [0.15, 0.2) is 83.2 Å². The van der Waals surface area contributed by atoms with Gasteiger partial charge in [0.2, 0.25) is 0 Å². The molecule has 5 heteroatoms. The third-order valence-corrected chi connectivity index (χ3v) is 3.89. The Morgan fingerprint density at radius 3 is 1.25 bits per heavy atom. The Balaban J connectivity index is 2.09. The number of nitroso groups, excluding NO2 is 2. The summed E-state index contributed by atoms with van der Waals surface area (Å²) in [5.41, 5.74) is 3.65. The summed E-state index contributed by atoms with van der Waals surface area (Å²) in [5, 5.41) is 15.4. The molecule has 0 spiro atoms. The molecule has 118 valence electrons. The summed E-state index contributed by atoms with van der Waals surface area (Å²) in [5.74, 6) is 0.0884. The minimum Gasteiger partial charge on any atom is -0.508 e. The molecule has 3 aromatic carbocycles. The quantitative estimate of drug-likeness (QED) is 0.507. The average Bonchev–Trinajstić information content (AvgIpc) is 2.64. The van der Waals surface area contributed by atoms with E-state index in [0.29, 0.717) is 11.4 Å². The van der Waals surface area contributed by atoms with Gasteiger partial charge in [0, 0.05) is 5.92 Å². The summed E-state index contributed by atoms with van der Waals surface area (Å²) in [6, 6.07) is 21.0. The second-order valence-electron chi connectivity index (χ2n) is 5.39. The minimum absolute atomic E-state index is 0.105. The van der Waals surface area contributed by atoms with Crippen LogP contribution in [0.2, 0.25) is 0 Å². The molecule has 0 amide bonds. The van der Waals surface area contributed by atoms with Crippen molar-refractivity contribution in [2.45, 2.75) is 5.92 Å². The van der Waals surface area contributed by atoms with E-state index in [9.17, 15) is 14.9 Å². The summed E-state index contributed by atoms with van der Waals surface area (Å²) in [6.07, 6.45) is 0. The fourth-order valence-electron chi connectivity index (χ4n) is 2.70. The highest BCUT2D eigenvalue weighted by molar-refractivity contribution is 5.50. The second kappa shape index (κ2) is 6.83. The number of hydrogen-bond acceptors (Lipinski definition) is 5. The van der Waals surface area contributed by atoms with Gasteiger partial charge in [0.05, 0.1) is 0 Å². The molecule has 0 bridgehead atoms. The van der Waals surface area contributed by atoms with Gasteiger partial charge in [-0.25, -0.2) is 0 Å². The predicted octanol–water partition coefficient (Wildman–Crippen LogP) is 5.37. The number of aromatic hydroxyl groups is 1. The molecule has 0 saturated carbocycles. The summed E-state index contributed by atoms with van der Waals surface area (Å²) in [7, 11) is 0. The summed E-state index contributed by atoms with van der Waals surface area (Å²) in [4.78, 5) is 21.2. The van der Waals surface area contributed by atoms with Gasteiger partial charge < -0.3 is 5.11 Å². The maximum Gasteiger partial charge on any atom is 0.115 e. The smallest absolute Gasteiger partial charge is 0.115 e. The van der Waals surface area contributed by atoms with Crippen LogP contribution in [0.4, 0.5) is 11.4 Å². The lowest BCUT2D eigenvalue weighted by atomic mass is 9.85. The number of phenols is 1. The zero-order valence-corrected chi connectivity index (χ0v) is 12.7. The second-order valence-corrected chi connectivity index (χ2v) is 5.39. The first-order chi connectivity index (χ1) is 11.7. The van der Waals surface area contributed by atoms with Crippen LogP contribution in [0.1, 0.15) is 22.6 Å². The Bertz CT molecular complexity index is 790. The molecule has 3 rings (SSSR count). The molecule has 0 heterocycles. The van der Waals surface area contributed by atoms with Crippen LogP contribution in [0, 0.1) is 9.81 Å². The average molecular weight is 318 g/mol. The van der Waals surface area contributed by atoms with Gasteiger partial charge in [-0.1, -0.05) is 36.4 Å². The molecule has 3 aromatic rings. The van der Waals surface area contributed by atoms with Gasteiger partial charge >= 0.3 is 0 Å². The van der Waals surface area contributed by atoms with Gasteiger partial charge in [0.25, 0.3) is 0 Å². The van der Waals surface area contributed by atoms with E-state index in [2.05, 4.69) is 10.4 Å². The van der Waals surface area contributed by atoms with Crippen LogP contribution >= 0.6 is 0 Å². The molecule has 0 aliphatic heterocycles. The van der Waals surface area contributed by atoms with E-state index in [1.165, 1.54) is 0 Å². The van der Waals surface area contributed by atoms with Crippen molar-refractivity contribution in [3.8, 4) is 5.75 Å². The lowest BCUT2D eigenvalue weighted by molar-refractivity contribution is 0.475. The first kappa shape index (κ1) is 15.6. The van der Waals surface area contributed by atoms with E-state index < -0.39 is 0 Å². The standard InChI is InChI=1S/C19H14N2O3/c22-18-11-5-15(6-12-18)19(13-1-7-16(20-23)8-2-13)14-3-9-17(21-24)10-4-14/h1-12,19,22H. The van der Waals surface area contributed by atoms with Crippen molar-refractivity contribution in [1.82, 2.24) is 0 Å². The van der Waals surface area contributed by atoms with Crippen molar-refractivity contribution >= 4 is 11.4 Å². The van der Waals surface area contributed by atoms with Crippen molar-refractivity contribution in [2.24, 2.45) is 10.4 Å². The summed E-state index contributed by atoms with van der Waals surface area (Å²) in [6.45, 7) is 0. The monoisotopic (exact) mass is 318 g/mol. The fraction of sp³-hybridized carbons (Fsp3) is 0.0526. The van der Waals surface area contributed by atoms with Gasteiger partial charge in [-0.15, -0.1) is 9.81 Å². The molecule has 0 radical (unpaired) electrons. The van der Waals surface area contributed by atoms with Crippen molar-refractivity contribution in [1.29, 1.82) is 0 Å². The number of benzene rings is 3. The highest BCUT2D eigenvalue weighted by Crippen LogP contribution is 2.34.